The van der Waals surface area contributed by atoms with Crippen LogP contribution in [0.5, 0.6) is 0 Å². The summed E-state index contributed by atoms with van der Waals surface area (Å²) in [6, 6.07) is 18.2. The molecule has 0 saturated carbocycles. The highest BCUT2D eigenvalue weighted by Crippen LogP contribution is 2.36. The van der Waals surface area contributed by atoms with Gasteiger partial charge in [-0.05, 0) is 44.3 Å². The van der Waals surface area contributed by atoms with Gasteiger partial charge in [0.1, 0.15) is 12.7 Å². The number of hydrogen-bond donors (Lipinski definition) is 0. The van der Waals surface area contributed by atoms with E-state index in [1.807, 2.05) is 59.5 Å². The molecule has 0 spiro atoms. The zero-order chi connectivity index (χ0) is 20.6. The molecule has 5 nitrogen and oxygen atoms in total. The third-order valence-corrected chi connectivity index (χ3v) is 6.20. The molecule has 2 saturated heterocycles. The van der Waals surface area contributed by atoms with Gasteiger partial charge in [0.15, 0.2) is 0 Å². The Morgan fingerprint density at radius 2 is 1.59 bits per heavy atom. The minimum Gasteiger partial charge on any atom is -0.399 e. The van der Waals surface area contributed by atoms with Crippen molar-refractivity contribution >= 4 is 18.5 Å². The molecular formula is C23H28BNO4. The lowest BCUT2D eigenvalue weighted by Crippen LogP contribution is -2.42. The Morgan fingerprint density at radius 3 is 2.21 bits per heavy atom. The van der Waals surface area contributed by atoms with E-state index in [9.17, 15) is 4.79 Å². The molecule has 29 heavy (non-hydrogen) atoms. The van der Waals surface area contributed by atoms with E-state index in [4.69, 9.17) is 14.0 Å². The predicted octanol–water partition coefficient (Wildman–Crippen LogP) is 3.09. The number of benzene rings is 2. The molecule has 0 aromatic heterocycles. The van der Waals surface area contributed by atoms with Gasteiger partial charge in [0.25, 0.3) is 0 Å². The number of ether oxygens (including phenoxy) is 1. The van der Waals surface area contributed by atoms with Crippen LogP contribution in [0.25, 0.3) is 0 Å². The van der Waals surface area contributed by atoms with E-state index < -0.39 is 0 Å². The third kappa shape index (κ3) is 4.11. The maximum Gasteiger partial charge on any atom is 0.494 e. The predicted molar refractivity (Wildman–Crippen MR) is 113 cm³/mol. The fraction of sp³-hybridized carbons (Fsp3) is 0.435. The van der Waals surface area contributed by atoms with E-state index in [0.717, 1.165) is 16.6 Å². The molecule has 0 aliphatic carbocycles. The number of morpholine rings is 1. The first-order valence-electron chi connectivity index (χ1n) is 10.1. The van der Waals surface area contributed by atoms with Crippen molar-refractivity contribution < 1.29 is 18.8 Å². The highest BCUT2D eigenvalue weighted by molar-refractivity contribution is 6.62. The van der Waals surface area contributed by atoms with Gasteiger partial charge in [-0.15, -0.1) is 0 Å². The lowest BCUT2D eigenvalue weighted by molar-refractivity contribution is -0.150. The average molecular weight is 393 g/mol. The highest BCUT2D eigenvalue weighted by atomic mass is 16.7. The number of rotatable bonds is 4. The van der Waals surface area contributed by atoms with Crippen LogP contribution in [-0.2, 0) is 25.4 Å². The van der Waals surface area contributed by atoms with Crippen molar-refractivity contribution in [3.05, 3.63) is 65.7 Å². The molecule has 2 aliphatic rings. The van der Waals surface area contributed by atoms with Crippen molar-refractivity contribution in [2.45, 2.75) is 51.5 Å². The fourth-order valence-electron chi connectivity index (χ4n) is 3.62. The van der Waals surface area contributed by atoms with Crippen LogP contribution in [0, 0.1) is 0 Å². The molecule has 152 valence electrons. The van der Waals surface area contributed by atoms with Crippen LogP contribution >= 0.6 is 0 Å². The second kappa shape index (κ2) is 7.60. The number of nitrogens with zero attached hydrogens (tertiary/aromatic N) is 1. The number of hydrogen-bond acceptors (Lipinski definition) is 4. The Morgan fingerprint density at radius 1 is 0.966 bits per heavy atom. The molecule has 0 N–H and O–H groups in total. The summed E-state index contributed by atoms with van der Waals surface area (Å²) < 4.78 is 18.1. The van der Waals surface area contributed by atoms with Crippen LogP contribution in [0.4, 0.5) is 0 Å². The molecule has 1 unspecified atom stereocenters. The summed E-state index contributed by atoms with van der Waals surface area (Å²) in [7, 11) is -0.377. The topological polar surface area (TPSA) is 48.0 Å². The number of amides is 1. The summed E-state index contributed by atoms with van der Waals surface area (Å²) in [4.78, 5) is 14.2. The first-order valence-corrected chi connectivity index (χ1v) is 10.1. The van der Waals surface area contributed by atoms with Crippen molar-refractivity contribution in [2.75, 3.05) is 13.2 Å². The molecule has 2 aromatic rings. The first kappa shape index (κ1) is 20.1. The largest absolute Gasteiger partial charge is 0.494 e. The summed E-state index contributed by atoms with van der Waals surface area (Å²) in [6.07, 6.45) is -0.135. The number of carbonyl (C=O) groups is 1. The Hall–Kier alpha value is -2.15. The van der Waals surface area contributed by atoms with Gasteiger partial charge in [-0.1, -0.05) is 54.6 Å². The summed E-state index contributed by atoms with van der Waals surface area (Å²) in [6.45, 7) is 9.46. The molecule has 1 amide bonds. The van der Waals surface area contributed by atoms with Gasteiger partial charge in [0.2, 0.25) is 5.91 Å². The summed E-state index contributed by atoms with van der Waals surface area (Å²) in [5.41, 5.74) is 2.44. The minimum atomic E-state index is -0.377. The molecule has 2 fully saturated rings. The normalized spacial score (nSPS) is 23.4. The Bertz CT molecular complexity index is 850. The minimum absolute atomic E-state index is 0.0268. The second-order valence-corrected chi connectivity index (χ2v) is 8.81. The van der Waals surface area contributed by atoms with Crippen molar-refractivity contribution in [1.82, 2.24) is 4.90 Å². The molecule has 1 atom stereocenters. The van der Waals surface area contributed by atoms with E-state index in [0.29, 0.717) is 13.1 Å². The Labute approximate surface area is 173 Å². The maximum absolute atomic E-state index is 12.3. The van der Waals surface area contributed by atoms with Crippen molar-refractivity contribution in [1.29, 1.82) is 0 Å². The zero-order valence-electron chi connectivity index (χ0n) is 17.6. The highest BCUT2D eigenvalue weighted by Gasteiger charge is 2.51. The van der Waals surface area contributed by atoms with Gasteiger partial charge in [-0.2, -0.15) is 0 Å². The van der Waals surface area contributed by atoms with Crippen molar-refractivity contribution in [3.63, 3.8) is 0 Å². The van der Waals surface area contributed by atoms with Crippen molar-refractivity contribution in [3.8, 4) is 0 Å². The van der Waals surface area contributed by atoms with E-state index >= 15 is 0 Å². The van der Waals surface area contributed by atoms with Gasteiger partial charge >= 0.3 is 7.12 Å². The monoisotopic (exact) mass is 393 g/mol. The van der Waals surface area contributed by atoms with Crippen LogP contribution in [0.2, 0.25) is 0 Å². The molecular weight excluding hydrogens is 365 g/mol. The van der Waals surface area contributed by atoms with Crippen molar-refractivity contribution in [2.24, 2.45) is 0 Å². The smallest absolute Gasteiger partial charge is 0.399 e. The maximum atomic E-state index is 12.3. The Kier molecular flexibility index (Phi) is 5.28. The molecule has 2 aliphatic heterocycles. The van der Waals surface area contributed by atoms with E-state index in [1.165, 1.54) is 0 Å². The quantitative estimate of drug-likeness (QED) is 0.750. The number of carbonyl (C=O) groups excluding carboxylic acids is 1. The van der Waals surface area contributed by atoms with Gasteiger partial charge < -0.3 is 18.9 Å². The summed E-state index contributed by atoms with van der Waals surface area (Å²) >= 11 is 0. The van der Waals surface area contributed by atoms with Gasteiger partial charge in [0.05, 0.1) is 17.7 Å². The molecule has 0 bridgehead atoms. The molecule has 0 radical (unpaired) electrons. The lowest BCUT2D eigenvalue weighted by atomic mass is 9.78. The first-order chi connectivity index (χ1) is 13.7. The molecule has 2 heterocycles. The molecule has 6 heteroatoms. The average Bonchev–Trinajstić information content (AvgIpc) is 2.92. The van der Waals surface area contributed by atoms with E-state index in [-0.39, 0.29) is 36.9 Å². The fourth-order valence-corrected chi connectivity index (χ4v) is 3.62. The van der Waals surface area contributed by atoms with E-state index in [2.05, 4.69) is 27.7 Å². The van der Waals surface area contributed by atoms with E-state index in [1.54, 1.807) is 0 Å². The lowest BCUT2D eigenvalue weighted by Gasteiger charge is -2.33. The van der Waals surface area contributed by atoms with Crippen LogP contribution in [-0.4, -0.2) is 42.3 Å². The summed E-state index contributed by atoms with van der Waals surface area (Å²) in [5.74, 6) is 0.0268. The van der Waals surface area contributed by atoms with Crippen LogP contribution in [0.1, 0.15) is 44.9 Å². The second-order valence-electron chi connectivity index (χ2n) is 8.81. The van der Waals surface area contributed by atoms with Gasteiger partial charge in [0, 0.05) is 6.54 Å². The zero-order valence-corrected chi connectivity index (χ0v) is 17.6. The standard InChI is InChI=1S/C23H28BNO4/c1-22(2)23(3,4)29-24(28-22)19-12-10-18(11-13-19)20-15-25(21(26)16-27-20)14-17-8-6-5-7-9-17/h5-13,20H,14-16H2,1-4H3. The van der Waals surface area contributed by atoms with Crippen LogP contribution < -0.4 is 5.46 Å². The SMILES string of the molecule is CC1(C)OB(c2ccc(C3CN(Cc4ccccc4)C(=O)CO3)cc2)OC1(C)C. The Balaban J connectivity index is 1.44. The van der Waals surface area contributed by atoms with Crippen LogP contribution in [0.15, 0.2) is 54.6 Å². The third-order valence-electron chi connectivity index (χ3n) is 6.20. The summed E-state index contributed by atoms with van der Waals surface area (Å²) in [5, 5.41) is 0. The molecule has 4 rings (SSSR count). The van der Waals surface area contributed by atoms with Gasteiger partial charge in [-0.25, -0.2) is 0 Å². The van der Waals surface area contributed by atoms with Gasteiger partial charge in [-0.3, -0.25) is 4.79 Å². The molecule has 2 aromatic carbocycles. The van der Waals surface area contributed by atoms with Crippen LogP contribution in [0.3, 0.4) is 0 Å².